The molecule has 4 heteroatoms. The third-order valence-electron chi connectivity index (χ3n) is 3.75. The minimum Gasteiger partial charge on any atom is -0.507 e. The van der Waals surface area contributed by atoms with Crippen LogP contribution in [-0.2, 0) is 0 Å². The van der Waals surface area contributed by atoms with E-state index in [1.165, 1.54) is 0 Å². The number of para-hydroxylation sites is 1. The summed E-state index contributed by atoms with van der Waals surface area (Å²) in [5.41, 5.74) is 1.16. The van der Waals surface area contributed by atoms with Crippen LogP contribution >= 0.6 is 0 Å². The van der Waals surface area contributed by atoms with Crippen LogP contribution in [0.1, 0.15) is 29.8 Å². The topological polar surface area (TPSA) is 43.8 Å². The fourth-order valence-corrected chi connectivity index (χ4v) is 2.65. The fraction of sp³-hybridized carbons (Fsp3) is 0.562. The van der Waals surface area contributed by atoms with Crippen molar-refractivity contribution < 1.29 is 9.90 Å². The summed E-state index contributed by atoms with van der Waals surface area (Å²) in [5, 5.41) is 10.0. The molecule has 0 saturated carbocycles. The van der Waals surface area contributed by atoms with Gasteiger partial charge in [0.25, 0.3) is 5.91 Å². The Morgan fingerprint density at radius 1 is 1.25 bits per heavy atom. The molecule has 1 aromatic rings. The maximum Gasteiger partial charge on any atom is 0.257 e. The number of aryl methyl sites for hydroxylation is 1. The molecule has 0 aromatic heterocycles. The molecule has 1 fully saturated rings. The van der Waals surface area contributed by atoms with Crippen LogP contribution in [0.15, 0.2) is 18.2 Å². The molecule has 0 bridgehead atoms. The molecular weight excluding hydrogens is 252 g/mol. The quantitative estimate of drug-likeness (QED) is 0.919. The van der Waals surface area contributed by atoms with E-state index < -0.39 is 0 Å². The maximum atomic E-state index is 12.4. The molecule has 1 aliphatic rings. The van der Waals surface area contributed by atoms with Crippen LogP contribution in [0.4, 0.5) is 0 Å². The van der Waals surface area contributed by atoms with Gasteiger partial charge in [-0.2, -0.15) is 0 Å². The maximum absolute atomic E-state index is 12.4. The number of hydrogen-bond donors (Lipinski definition) is 1. The normalized spacial score (nSPS) is 16.7. The first kappa shape index (κ1) is 14.9. The van der Waals surface area contributed by atoms with E-state index in [9.17, 15) is 9.90 Å². The van der Waals surface area contributed by atoms with Gasteiger partial charge in [0.1, 0.15) is 5.75 Å². The number of rotatable bonds is 3. The van der Waals surface area contributed by atoms with Crippen molar-refractivity contribution >= 4 is 5.91 Å². The molecule has 1 aromatic carbocycles. The van der Waals surface area contributed by atoms with Crippen molar-refractivity contribution in [1.29, 1.82) is 0 Å². The molecule has 2 rings (SSSR count). The van der Waals surface area contributed by atoms with E-state index in [0.29, 0.717) is 11.5 Å². The van der Waals surface area contributed by atoms with Crippen LogP contribution in [0.5, 0.6) is 5.75 Å². The van der Waals surface area contributed by atoms with E-state index in [-0.39, 0.29) is 11.7 Å². The van der Waals surface area contributed by atoms with E-state index in [2.05, 4.69) is 18.7 Å². The van der Waals surface area contributed by atoms with E-state index in [1.54, 1.807) is 6.07 Å². The lowest BCUT2D eigenvalue weighted by molar-refractivity contribution is 0.0621. The summed E-state index contributed by atoms with van der Waals surface area (Å²) in [6.07, 6.45) is 0. The number of phenols is 1. The summed E-state index contributed by atoms with van der Waals surface area (Å²) in [5.74, 6) is 0.704. The van der Waals surface area contributed by atoms with Gasteiger partial charge in [0.15, 0.2) is 0 Å². The molecule has 0 spiro atoms. The van der Waals surface area contributed by atoms with Gasteiger partial charge in [0.05, 0.1) is 5.56 Å². The number of benzene rings is 1. The van der Waals surface area contributed by atoms with Gasteiger partial charge in [-0.25, -0.2) is 0 Å². The van der Waals surface area contributed by atoms with Gasteiger partial charge >= 0.3 is 0 Å². The summed E-state index contributed by atoms with van der Waals surface area (Å²) in [4.78, 5) is 16.7. The monoisotopic (exact) mass is 276 g/mol. The molecule has 0 atom stereocenters. The van der Waals surface area contributed by atoms with Crippen molar-refractivity contribution in [2.75, 3.05) is 32.7 Å². The molecular formula is C16H24N2O2. The highest BCUT2D eigenvalue weighted by molar-refractivity contribution is 5.97. The molecule has 0 radical (unpaired) electrons. The summed E-state index contributed by atoms with van der Waals surface area (Å²) < 4.78 is 0. The Morgan fingerprint density at radius 2 is 1.90 bits per heavy atom. The number of carbonyl (C=O) groups is 1. The number of hydrogen-bond acceptors (Lipinski definition) is 3. The molecule has 0 aliphatic carbocycles. The summed E-state index contributed by atoms with van der Waals surface area (Å²) in [6, 6.07) is 5.33. The zero-order valence-corrected chi connectivity index (χ0v) is 12.6. The largest absolute Gasteiger partial charge is 0.507 e. The number of phenolic OH excluding ortho intramolecular Hbond substituents is 1. The smallest absolute Gasteiger partial charge is 0.257 e. The van der Waals surface area contributed by atoms with Crippen LogP contribution in [0, 0.1) is 12.8 Å². The Balaban J connectivity index is 2.00. The SMILES string of the molecule is Cc1cccc(C(=O)N2CCN(CC(C)C)CC2)c1O. The zero-order chi connectivity index (χ0) is 14.7. The van der Waals surface area contributed by atoms with Gasteiger partial charge in [-0.05, 0) is 24.5 Å². The molecule has 1 saturated heterocycles. The Labute approximate surface area is 121 Å². The average Bonchev–Trinajstić information content (AvgIpc) is 2.41. The Morgan fingerprint density at radius 3 is 2.50 bits per heavy atom. The van der Waals surface area contributed by atoms with Crippen LogP contribution in [0.25, 0.3) is 0 Å². The van der Waals surface area contributed by atoms with E-state index in [4.69, 9.17) is 0 Å². The van der Waals surface area contributed by atoms with Crippen molar-refractivity contribution in [2.45, 2.75) is 20.8 Å². The number of aromatic hydroxyl groups is 1. The summed E-state index contributed by atoms with van der Waals surface area (Å²) >= 11 is 0. The lowest BCUT2D eigenvalue weighted by Gasteiger charge is -2.35. The first-order valence-electron chi connectivity index (χ1n) is 7.29. The number of carbonyl (C=O) groups excluding carboxylic acids is 1. The number of piperazine rings is 1. The Kier molecular flexibility index (Phi) is 4.65. The van der Waals surface area contributed by atoms with E-state index in [1.807, 2.05) is 24.0 Å². The molecule has 110 valence electrons. The highest BCUT2D eigenvalue weighted by Gasteiger charge is 2.24. The molecule has 1 N–H and O–H groups in total. The second kappa shape index (κ2) is 6.27. The minimum atomic E-state index is -0.0598. The standard InChI is InChI=1S/C16H24N2O2/c1-12(2)11-17-7-9-18(10-8-17)16(20)14-6-4-5-13(3)15(14)19/h4-6,12,19H,7-11H2,1-3H3. The number of nitrogens with zero attached hydrogens (tertiary/aromatic N) is 2. The second-order valence-electron chi connectivity index (χ2n) is 5.96. The lowest BCUT2D eigenvalue weighted by Crippen LogP contribution is -2.49. The molecule has 1 heterocycles. The molecule has 20 heavy (non-hydrogen) atoms. The third-order valence-corrected chi connectivity index (χ3v) is 3.75. The van der Waals surface area contributed by atoms with Gasteiger partial charge < -0.3 is 10.0 Å². The van der Waals surface area contributed by atoms with Crippen molar-refractivity contribution in [3.05, 3.63) is 29.3 Å². The summed E-state index contributed by atoms with van der Waals surface area (Å²) in [6.45, 7) is 10.6. The van der Waals surface area contributed by atoms with Crippen LogP contribution < -0.4 is 0 Å². The van der Waals surface area contributed by atoms with Crippen molar-refractivity contribution in [1.82, 2.24) is 9.80 Å². The van der Waals surface area contributed by atoms with Crippen LogP contribution in [0.2, 0.25) is 0 Å². The third kappa shape index (κ3) is 3.31. The first-order valence-corrected chi connectivity index (χ1v) is 7.29. The van der Waals surface area contributed by atoms with Gasteiger partial charge in [-0.15, -0.1) is 0 Å². The molecule has 1 amide bonds. The number of amides is 1. The molecule has 0 unspecified atom stereocenters. The van der Waals surface area contributed by atoms with Gasteiger partial charge in [-0.3, -0.25) is 9.69 Å². The van der Waals surface area contributed by atoms with Crippen molar-refractivity contribution in [2.24, 2.45) is 5.92 Å². The highest BCUT2D eigenvalue weighted by atomic mass is 16.3. The Hall–Kier alpha value is -1.55. The van der Waals surface area contributed by atoms with Crippen molar-refractivity contribution in [3.8, 4) is 5.75 Å². The first-order chi connectivity index (χ1) is 9.49. The van der Waals surface area contributed by atoms with Gasteiger partial charge in [-0.1, -0.05) is 26.0 Å². The molecule has 4 nitrogen and oxygen atoms in total. The average molecular weight is 276 g/mol. The van der Waals surface area contributed by atoms with E-state index in [0.717, 1.165) is 38.3 Å². The van der Waals surface area contributed by atoms with Crippen LogP contribution in [-0.4, -0.2) is 53.5 Å². The zero-order valence-electron chi connectivity index (χ0n) is 12.6. The second-order valence-corrected chi connectivity index (χ2v) is 5.96. The minimum absolute atomic E-state index is 0.0598. The summed E-state index contributed by atoms with van der Waals surface area (Å²) in [7, 11) is 0. The fourth-order valence-electron chi connectivity index (χ4n) is 2.65. The lowest BCUT2D eigenvalue weighted by atomic mass is 10.1. The van der Waals surface area contributed by atoms with Gasteiger partial charge in [0, 0.05) is 32.7 Å². The van der Waals surface area contributed by atoms with E-state index >= 15 is 0 Å². The molecule has 1 aliphatic heterocycles. The highest BCUT2D eigenvalue weighted by Crippen LogP contribution is 2.23. The van der Waals surface area contributed by atoms with Gasteiger partial charge in [0.2, 0.25) is 0 Å². The van der Waals surface area contributed by atoms with Crippen molar-refractivity contribution in [3.63, 3.8) is 0 Å². The Bertz CT molecular complexity index is 477. The van der Waals surface area contributed by atoms with Crippen LogP contribution in [0.3, 0.4) is 0 Å². The predicted molar refractivity (Wildman–Crippen MR) is 80.0 cm³/mol. The predicted octanol–water partition coefficient (Wildman–Crippen LogP) is 2.11.